The van der Waals surface area contributed by atoms with Gasteiger partial charge in [-0.05, 0) is 43.2 Å². The lowest BCUT2D eigenvalue weighted by Gasteiger charge is -2.14. The summed E-state index contributed by atoms with van der Waals surface area (Å²) in [5.41, 5.74) is 9.34. The highest BCUT2D eigenvalue weighted by Crippen LogP contribution is 2.28. The molecule has 0 aliphatic heterocycles. The van der Waals surface area contributed by atoms with Crippen LogP contribution in [0.25, 0.3) is 0 Å². The van der Waals surface area contributed by atoms with Crippen molar-refractivity contribution in [3.8, 4) is 0 Å². The zero-order valence-electron chi connectivity index (χ0n) is 12.0. The first-order valence-corrected chi connectivity index (χ1v) is 8.21. The molecule has 3 nitrogen and oxygen atoms in total. The van der Waals surface area contributed by atoms with Gasteiger partial charge in [-0.15, -0.1) is 0 Å². The fourth-order valence-electron chi connectivity index (χ4n) is 3.49. The summed E-state index contributed by atoms with van der Waals surface area (Å²) in [5, 5.41) is 3.47. The van der Waals surface area contributed by atoms with Crippen LogP contribution in [0.1, 0.15) is 55.3 Å². The molecule has 0 spiro atoms. The number of hydrogen-bond acceptors (Lipinski definition) is 3. The second-order valence-corrected chi connectivity index (χ2v) is 6.51. The predicted octanol–water partition coefficient (Wildman–Crippen LogP) is 3.20. The van der Waals surface area contributed by atoms with E-state index in [1.807, 2.05) is 0 Å². The molecule has 0 amide bonds. The molecule has 1 aromatic heterocycles. The minimum Gasteiger partial charge on any atom is -0.389 e. The van der Waals surface area contributed by atoms with Crippen LogP contribution < -0.4 is 11.1 Å². The maximum Gasteiger partial charge on any atom is 0.136 e. The van der Waals surface area contributed by atoms with E-state index in [9.17, 15) is 0 Å². The summed E-state index contributed by atoms with van der Waals surface area (Å²) < 4.78 is 0. The highest BCUT2D eigenvalue weighted by atomic mass is 32.1. The number of thiocarbonyl (C=S) groups is 1. The van der Waals surface area contributed by atoms with Crippen LogP contribution in [0.5, 0.6) is 0 Å². The topological polar surface area (TPSA) is 50.9 Å². The van der Waals surface area contributed by atoms with Crippen LogP contribution in [0, 0.1) is 5.92 Å². The van der Waals surface area contributed by atoms with E-state index in [1.165, 1.54) is 49.8 Å². The first-order valence-electron chi connectivity index (χ1n) is 7.80. The molecule has 0 aromatic carbocycles. The van der Waals surface area contributed by atoms with E-state index >= 15 is 0 Å². The third-order valence-electron chi connectivity index (χ3n) is 4.64. The van der Waals surface area contributed by atoms with Crippen LogP contribution in [-0.4, -0.2) is 16.5 Å². The second kappa shape index (κ2) is 6.08. The van der Waals surface area contributed by atoms with Crippen molar-refractivity contribution in [3.63, 3.8) is 0 Å². The Balaban J connectivity index is 1.69. The molecule has 108 valence electrons. The normalized spacial score (nSPS) is 18.2. The minimum atomic E-state index is 0.454. The average molecular weight is 289 g/mol. The maximum atomic E-state index is 5.85. The number of aromatic nitrogens is 1. The van der Waals surface area contributed by atoms with E-state index in [0.717, 1.165) is 36.7 Å². The number of nitrogens with two attached hydrogens (primary N) is 1. The zero-order chi connectivity index (χ0) is 13.9. The van der Waals surface area contributed by atoms with Gasteiger partial charge in [0.2, 0.25) is 0 Å². The molecule has 4 heteroatoms. The van der Waals surface area contributed by atoms with Crippen molar-refractivity contribution < 1.29 is 0 Å². The lowest BCUT2D eigenvalue weighted by Crippen LogP contribution is -2.17. The molecule has 0 radical (unpaired) electrons. The number of hydrogen-bond donors (Lipinski definition) is 2. The Kier molecular flexibility index (Phi) is 4.20. The van der Waals surface area contributed by atoms with Crippen molar-refractivity contribution in [1.29, 1.82) is 0 Å². The smallest absolute Gasteiger partial charge is 0.136 e. The van der Waals surface area contributed by atoms with Gasteiger partial charge in [-0.25, -0.2) is 4.98 Å². The van der Waals surface area contributed by atoms with Gasteiger partial charge in [0.15, 0.2) is 0 Å². The molecular formula is C16H23N3S. The van der Waals surface area contributed by atoms with E-state index in [2.05, 4.69) is 11.4 Å². The lowest BCUT2D eigenvalue weighted by atomic mass is 10.0. The Bertz CT molecular complexity index is 507. The molecule has 0 bridgehead atoms. The number of fused-ring (bicyclic) bond motifs is 1. The molecule has 0 atom stereocenters. The molecule has 1 aromatic rings. The van der Waals surface area contributed by atoms with Crippen molar-refractivity contribution in [2.24, 2.45) is 11.7 Å². The third-order valence-corrected chi connectivity index (χ3v) is 4.86. The number of rotatable bonds is 5. The molecule has 20 heavy (non-hydrogen) atoms. The summed E-state index contributed by atoms with van der Waals surface area (Å²) >= 11 is 5.18. The van der Waals surface area contributed by atoms with Gasteiger partial charge in [0.25, 0.3) is 0 Å². The van der Waals surface area contributed by atoms with Crippen LogP contribution in [0.4, 0.5) is 5.82 Å². The van der Waals surface area contributed by atoms with Gasteiger partial charge in [-0.2, -0.15) is 0 Å². The number of nitrogens with zero attached hydrogens (tertiary/aromatic N) is 1. The fraction of sp³-hybridized carbons (Fsp3) is 0.625. The molecule has 3 rings (SSSR count). The van der Waals surface area contributed by atoms with E-state index in [1.54, 1.807) is 0 Å². The van der Waals surface area contributed by atoms with Crippen LogP contribution in [0.3, 0.4) is 0 Å². The molecule has 1 fully saturated rings. The van der Waals surface area contributed by atoms with Crippen molar-refractivity contribution in [1.82, 2.24) is 4.98 Å². The summed E-state index contributed by atoms with van der Waals surface area (Å²) in [6, 6.07) is 2.15. The maximum absolute atomic E-state index is 5.85. The van der Waals surface area contributed by atoms with E-state index in [0.29, 0.717) is 4.99 Å². The van der Waals surface area contributed by atoms with Gasteiger partial charge in [-0.3, -0.25) is 0 Å². The summed E-state index contributed by atoms with van der Waals surface area (Å²) in [5.74, 6) is 1.79. The highest BCUT2D eigenvalue weighted by Gasteiger charge is 2.18. The number of pyridine rings is 1. The molecule has 0 saturated heterocycles. The molecule has 1 heterocycles. The van der Waals surface area contributed by atoms with Gasteiger partial charge in [0.05, 0.1) is 5.56 Å². The number of anilines is 1. The van der Waals surface area contributed by atoms with Crippen LogP contribution in [0.2, 0.25) is 0 Å². The van der Waals surface area contributed by atoms with E-state index in [4.69, 9.17) is 22.9 Å². The number of aryl methyl sites for hydroxylation is 2. The Labute approximate surface area is 126 Å². The summed E-state index contributed by atoms with van der Waals surface area (Å²) in [7, 11) is 0. The SMILES string of the molecule is NC(=S)c1cc2c(nc1NCCC1CCCC1)CCC2. The second-order valence-electron chi connectivity index (χ2n) is 6.07. The van der Waals surface area contributed by atoms with Crippen molar-refractivity contribution in [2.75, 3.05) is 11.9 Å². The Morgan fingerprint density at radius 1 is 1.30 bits per heavy atom. The summed E-state index contributed by atoms with van der Waals surface area (Å²) in [6.45, 7) is 0.978. The van der Waals surface area contributed by atoms with E-state index < -0.39 is 0 Å². The van der Waals surface area contributed by atoms with Gasteiger partial charge in [0.1, 0.15) is 10.8 Å². The van der Waals surface area contributed by atoms with Gasteiger partial charge >= 0.3 is 0 Å². The summed E-state index contributed by atoms with van der Waals surface area (Å²) in [6.07, 6.45) is 10.2. The zero-order valence-corrected chi connectivity index (χ0v) is 12.8. The molecule has 1 saturated carbocycles. The molecule has 2 aliphatic carbocycles. The Morgan fingerprint density at radius 2 is 2.10 bits per heavy atom. The number of nitrogens with one attached hydrogen (secondary N) is 1. The van der Waals surface area contributed by atoms with Gasteiger partial charge in [0, 0.05) is 12.2 Å². The average Bonchev–Trinajstić information content (AvgIpc) is 3.07. The van der Waals surface area contributed by atoms with Crippen LogP contribution in [0.15, 0.2) is 6.07 Å². The first kappa shape index (κ1) is 13.8. The predicted molar refractivity (Wildman–Crippen MR) is 87.2 cm³/mol. The van der Waals surface area contributed by atoms with Crippen molar-refractivity contribution in [3.05, 3.63) is 22.9 Å². The van der Waals surface area contributed by atoms with Crippen LogP contribution >= 0.6 is 12.2 Å². The fourth-order valence-corrected chi connectivity index (χ4v) is 3.64. The first-order chi connectivity index (χ1) is 9.74. The molecule has 0 unspecified atom stereocenters. The van der Waals surface area contributed by atoms with Gasteiger partial charge < -0.3 is 11.1 Å². The highest BCUT2D eigenvalue weighted by molar-refractivity contribution is 7.80. The monoisotopic (exact) mass is 289 g/mol. The Hall–Kier alpha value is -1.16. The Morgan fingerprint density at radius 3 is 2.85 bits per heavy atom. The molecule has 3 N–H and O–H groups in total. The summed E-state index contributed by atoms with van der Waals surface area (Å²) in [4.78, 5) is 5.21. The largest absolute Gasteiger partial charge is 0.389 e. The van der Waals surface area contributed by atoms with E-state index in [-0.39, 0.29) is 0 Å². The third kappa shape index (κ3) is 2.95. The van der Waals surface area contributed by atoms with Crippen molar-refractivity contribution >= 4 is 23.0 Å². The van der Waals surface area contributed by atoms with Crippen molar-refractivity contribution in [2.45, 2.75) is 51.4 Å². The van der Waals surface area contributed by atoms with Crippen LogP contribution in [-0.2, 0) is 12.8 Å². The van der Waals surface area contributed by atoms with Gasteiger partial charge in [-0.1, -0.05) is 37.9 Å². The molecular weight excluding hydrogens is 266 g/mol. The molecule has 2 aliphatic rings. The quantitative estimate of drug-likeness (QED) is 0.817. The lowest BCUT2D eigenvalue weighted by molar-refractivity contribution is 0.518. The standard InChI is InChI=1S/C16H23N3S/c17-15(20)13-10-12-6-3-7-14(12)19-16(13)18-9-8-11-4-1-2-5-11/h10-11H,1-9H2,(H2,17,20)(H,18,19). The minimum absolute atomic E-state index is 0.454.